The quantitative estimate of drug-likeness (QED) is 0.831. The summed E-state index contributed by atoms with van der Waals surface area (Å²) in [5.41, 5.74) is -0.434. The van der Waals surface area contributed by atoms with Crippen molar-refractivity contribution in [1.82, 2.24) is 10.2 Å². The molecule has 3 nitrogen and oxygen atoms in total. The zero-order valence-electron chi connectivity index (χ0n) is 9.05. The zero-order valence-corrected chi connectivity index (χ0v) is 9.05. The van der Waals surface area contributed by atoms with Crippen LogP contribution < -0.4 is 5.32 Å². The van der Waals surface area contributed by atoms with Crippen LogP contribution >= 0.6 is 0 Å². The number of alkyl halides is 3. The lowest BCUT2D eigenvalue weighted by atomic mass is 10.1. The number of hydrogen-bond acceptors (Lipinski definition) is 2. The number of rotatable bonds is 3. The highest BCUT2D eigenvalue weighted by Crippen LogP contribution is 2.32. The second-order valence-corrected chi connectivity index (χ2v) is 3.64. The number of aromatic nitrogens is 2. The van der Waals surface area contributed by atoms with Crippen molar-refractivity contribution in [3.8, 4) is 0 Å². The summed E-state index contributed by atoms with van der Waals surface area (Å²) in [5, 5.41) is 8.93. The highest BCUT2D eigenvalue weighted by molar-refractivity contribution is 5.40. The van der Waals surface area contributed by atoms with Crippen LogP contribution in [0.15, 0.2) is 30.6 Å². The second-order valence-electron chi connectivity index (χ2n) is 3.64. The van der Waals surface area contributed by atoms with E-state index in [1.165, 1.54) is 12.4 Å². The van der Waals surface area contributed by atoms with Gasteiger partial charge in [-0.05, 0) is 17.7 Å². The number of anilines is 1. The number of H-pyrrole nitrogens is 1. The Hall–Kier alpha value is -2.05. The van der Waals surface area contributed by atoms with Crippen molar-refractivity contribution >= 4 is 5.69 Å². The Labute approximate surface area is 99.8 Å². The summed E-state index contributed by atoms with van der Waals surface area (Å²) in [4.78, 5) is 0. The van der Waals surface area contributed by atoms with Gasteiger partial charge in [0.15, 0.2) is 0 Å². The van der Waals surface area contributed by atoms with E-state index in [4.69, 9.17) is 0 Å². The van der Waals surface area contributed by atoms with Crippen molar-refractivity contribution in [2.75, 3.05) is 5.32 Å². The van der Waals surface area contributed by atoms with Crippen LogP contribution in [0, 0.1) is 5.82 Å². The molecule has 0 saturated heterocycles. The molecular weight excluding hydrogens is 250 g/mol. The predicted octanol–water partition coefficient (Wildman–Crippen LogP) is 3.18. The molecule has 18 heavy (non-hydrogen) atoms. The van der Waals surface area contributed by atoms with Crippen molar-refractivity contribution < 1.29 is 17.6 Å². The first-order chi connectivity index (χ1) is 8.47. The largest absolute Gasteiger partial charge is 0.416 e. The van der Waals surface area contributed by atoms with Crippen molar-refractivity contribution in [2.24, 2.45) is 0 Å². The molecule has 1 aromatic heterocycles. The summed E-state index contributed by atoms with van der Waals surface area (Å²) in [5.74, 6) is -0.908. The molecule has 0 bridgehead atoms. The summed E-state index contributed by atoms with van der Waals surface area (Å²) >= 11 is 0. The van der Waals surface area contributed by atoms with Crippen LogP contribution in [0.1, 0.15) is 11.1 Å². The fraction of sp³-hybridized carbons (Fsp3) is 0.182. The van der Waals surface area contributed by atoms with Gasteiger partial charge in [-0.25, -0.2) is 4.39 Å². The van der Waals surface area contributed by atoms with Gasteiger partial charge in [0.1, 0.15) is 5.82 Å². The van der Waals surface area contributed by atoms with Gasteiger partial charge in [-0.2, -0.15) is 18.3 Å². The summed E-state index contributed by atoms with van der Waals surface area (Å²) in [6, 6.07) is 2.61. The molecule has 0 amide bonds. The molecule has 0 aliphatic rings. The van der Waals surface area contributed by atoms with E-state index in [0.29, 0.717) is 11.8 Å². The summed E-state index contributed by atoms with van der Waals surface area (Å²) in [6.07, 6.45) is -1.62. The Bertz CT molecular complexity index is 520. The summed E-state index contributed by atoms with van der Waals surface area (Å²) in [6.45, 7) is -0.0609. The van der Waals surface area contributed by atoms with Gasteiger partial charge in [-0.1, -0.05) is 6.07 Å². The fourth-order valence-electron chi connectivity index (χ4n) is 1.51. The maximum Gasteiger partial charge on any atom is 0.416 e. The molecule has 0 spiro atoms. The lowest BCUT2D eigenvalue weighted by molar-refractivity contribution is -0.138. The SMILES string of the molecule is Fc1ccc(CNc2cn[nH]c2)c(C(F)(F)F)c1. The van der Waals surface area contributed by atoms with Gasteiger partial charge in [0.2, 0.25) is 0 Å². The Morgan fingerprint density at radius 3 is 2.67 bits per heavy atom. The molecule has 0 atom stereocenters. The smallest absolute Gasteiger partial charge is 0.378 e. The molecule has 7 heteroatoms. The Morgan fingerprint density at radius 1 is 1.28 bits per heavy atom. The standard InChI is InChI=1S/C11H9F4N3/c12-8-2-1-7(10(3-8)11(13,14)15)4-16-9-5-17-18-6-9/h1-3,5-6,16H,4H2,(H,17,18). The summed E-state index contributed by atoms with van der Waals surface area (Å²) in [7, 11) is 0. The highest BCUT2D eigenvalue weighted by atomic mass is 19.4. The van der Waals surface area contributed by atoms with E-state index in [1.807, 2.05) is 0 Å². The van der Waals surface area contributed by atoms with Crippen LogP contribution in [0.5, 0.6) is 0 Å². The molecule has 0 radical (unpaired) electrons. The molecule has 2 aromatic rings. The lowest BCUT2D eigenvalue weighted by Crippen LogP contribution is -2.12. The Morgan fingerprint density at radius 2 is 2.06 bits per heavy atom. The first kappa shape index (κ1) is 12.4. The average Bonchev–Trinajstić information content (AvgIpc) is 2.79. The molecule has 2 rings (SSSR count). The number of halogens is 4. The minimum atomic E-state index is -4.57. The molecule has 0 fully saturated rings. The van der Waals surface area contributed by atoms with Gasteiger partial charge >= 0.3 is 6.18 Å². The van der Waals surface area contributed by atoms with Crippen LogP contribution in [0.25, 0.3) is 0 Å². The second kappa shape index (κ2) is 4.67. The van der Waals surface area contributed by atoms with Gasteiger partial charge < -0.3 is 5.32 Å². The number of benzene rings is 1. The van der Waals surface area contributed by atoms with Crippen LogP contribution in [0.2, 0.25) is 0 Å². The van der Waals surface area contributed by atoms with E-state index in [1.54, 1.807) is 0 Å². The van der Waals surface area contributed by atoms with Gasteiger partial charge in [0, 0.05) is 12.7 Å². The summed E-state index contributed by atoms with van der Waals surface area (Å²) < 4.78 is 50.9. The van der Waals surface area contributed by atoms with E-state index in [2.05, 4.69) is 15.5 Å². The average molecular weight is 259 g/mol. The predicted molar refractivity (Wildman–Crippen MR) is 57.3 cm³/mol. The van der Waals surface area contributed by atoms with E-state index in [9.17, 15) is 17.6 Å². The molecule has 0 aliphatic carbocycles. The van der Waals surface area contributed by atoms with Gasteiger partial charge in [-0.15, -0.1) is 0 Å². The van der Waals surface area contributed by atoms with Gasteiger partial charge in [-0.3, -0.25) is 5.10 Å². The number of nitrogens with zero attached hydrogens (tertiary/aromatic N) is 1. The molecule has 0 unspecified atom stereocenters. The minimum Gasteiger partial charge on any atom is -0.378 e. The third kappa shape index (κ3) is 2.79. The number of nitrogens with one attached hydrogen (secondary N) is 2. The van der Waals surface area contributed by atoms with E-state index in [0.717, 1.165) is 12.1 Å². The third-order valence-corrected chi connectivity index (χ3v) is 2.36. The third-order valence-electron chi connectivity index (χ3n) is 2.36. The van der Waals surface area contributed by atoms with Gasteiger partial charge in [0.05, 0.1) is 17.4 Å². The first-order valence-corrected chi connectivity index (χ1v) is 5.05. The van der Waals surface area contributed by atoms with Gasteiger partial charge in [0.25, 0.3) is 0 Å². The number of hydrogen-bond donors (Lipinski definition) is 2. The molecule has 0 saturated carbocycles. The van der Waals surface area contributed by atoms with E-state index < -0.39 is 17.6 Å². The molecule has 0 aliphatic heterocycles. The van der Waals surface area contributed by atoms with E-state index >= 15 is 0 Å². The van der Waals surface area contributed by atoms with Crippen LogP contribution in [0.4, 0.5) is 23.2 Å². The van der Waals surface area contributed by atoms with Crippen LogP contribution in [0.3, 0.4) is 0 Å². The van der Waals surface area contributed by atoms with Crippen molar-refractivity contribution in [2.45, 2.75) is 12.7 Å². The Balaban J connectivity index is 2.22. The topological polar surface area (TPSA) is 40.7 Å². The number of aromatic amines is 1. The molecule has 1 heterocycles. The van der Waals surface area contributed by atoms with Crippen LogP contribution in [-0.4, -0.2) is 10.2 Å². The van der Waals surface area contributed by atoms with Crippen molar-refractivity contribution in [3.05, 3.63) is 47.5 Å². The van der Waals surface area contributed by atoms with Crippen LogP contribution in [-0.2, 0) is 12.7 Å². The van der Waals surface area contributed by atoms with E-state index in [-0.39, 0.29) is 12.1 Å². The minimum absolute atomic E-state index is 0.0231. The highest BCUT2D eigenvalue weighted by Gasteiger charge is 2.33. The first-order valence-electron chi connectivity index (χ1n) is 5.05. The molecule has 1 aromatic carbocycles. The van der Waals surface area contributed by atoms with Crippen molar-refractivity contribution in [1.29, 1.82) is 0 Å². The zero-order chi connectivity index (χ0) is 13.2. The molecular formula is C11H9F4N3. The molecule has 2 N–H and O–H groups in total. The fourth-order valence-corrected chi connectivity index (χ4v) is 1.51. The Kier molecular flexibility index (Phi) is 3.22. The maximum absolute atomic E-state index is 12.9. The normalized spacial score (nSPS) is 11.6. The maximum atomic E-state index is 12.9. The lowest BCUT2D eigenvalue weighted by Gasteiger charge is -2.13. The van der Waals surface area contributed by atoms with Crippen molar-refractivity contribution in [3.63, 3.8) is 0 Å². The molecule has 96 valence electrons. The monoisotopic (exact) mass is 259 g/mol.